The lowest BCUT2D eigenvalue weighted by Gasteiger charge is -2.28. The second-order valence-electron chi connectivity index (χ2n) is 7.51. The minimum absolute atomic E-state index is 0.525. The van der Waals surface area contributed by atoms with E-state index in [2.05, 4.69) is 41.5 Å². The van der Waals surface area contributed by atoms with Crippen LogP contribution in [-0.2, 0) is 0 Å². The lowest BCUT2D eigenvalue weighted by Crippen LogP contribution is -2.18. The van der Waals surface area contributed by atoms with Crippen LogP contribution < -0.4 is 0 Å². The summed E-state index contributed by atoms with van der Waals surface area (Å²) in [6.45, 7) is 14.3. The first-order chi connectivity index (χ1) is 6.18. The number of rotatable bonds is 1. The van der Waals surface area contributed by atoms with Crippen molar-refractivity contribution in [2.45, 2.75) is 67.2 Å². The Kier molecular flexibility index (Phi) is 3.33. The van der Waals surface area contributed by atoms with Gasteiger partial charge in [-0.15, -0.1) is 0 Å². The molecular formula is C14H28. The monoisotopic (exact) mass is 196 g/mol. The summed E-state index contributed by atoms with van der Waals surface area (Å²) in [6, 6.07) is 0. The molecular weight excluding hydrogens is 168 g/mol. The average molecular weight is 196 g/mol. The quantitative estimate of drug-likeness (QED) is 0.560. The molecule has 1 rings (SSSR count). The molecule has 0 heterocycles. The van der Waals surface area contributed by atoms with Crippen molar-refractivity contribution in [2.24, 2.45) is 22.7 Å². The van der Waals surface area contributed by atoms with Gasteiger partial charge in [0.25, 0.3) is 0 Å². The van der Waals surface area contributed by atoms with Crippen molar-refractivity contribution in [1.29, 1.82) is 0 Å². The standard InChI is InChI=1S/C14H28/c1-13(2,3)10-11-7-8-12(9-11)14(4,5)6/h11-12H,7-10H2,1-6H3/t11-,12?/m0/s1. The average Bonchev–Trinajstić information content (AvgIpc) is 2.29. The van der Waals surface area contributed by atoms with E-state index in [1.807, 2.05) is 0 Å². The summed E-state index contributed by atoms with van der Waals surface area (Å²) in [6.07, 6.45) is 5.82. The van der Waals surface area contributed by atoms with Crippen molar-refractivity contribution in [1.82, 2.24) is 0 Å². The molecule has 14 heavy (non-hydrogen) atoms. The predicted molar refractivity (Wildman–Crippen MR) is 64.4 cm³/mol. The van der Waals surface area contributed by atoms with Gasteiger partial charge in [-0.05, 0) is 41.9 Å². The minimum atomic E-state index is 0.525. The lowest BCUT2D eigenvalue weighted by atomic mass is 9.78. The van der Waals surface area contributed by atoms with Crippen molar-refractivity contribution < 1.29 is 0 Å². The van der Waals surface area contributed by atoms with E-state index in [0.717, 1.165) is 11.8 Å². The van der Waals surface area contributed by atoms with Crippen LogP contribution in [0.5, 0.6) is 0 Å². The summed E-state index contributed by atoms with van der Waals surface area (Å²) in [5.74, 6) is 1.97. The lowest BCUT2D eigenvalue weighted by molar-refractivity contribution is 0.224. The Morgan fingerprint density at radius 2 is 1.50 bits per heavy atom. The maximum Gasteiger partial charge on any atom is -0.0354 e. The van der Waals surface area contributed by atoms with Crippen molar-refractivity contribution in [3.8, 4) is 0 Å². The molecule has 0 aromatic heterocycles. The molecule has 2 atom stereocenters. The van der Waals surface area contributed by atoms with Crippen molar-refractivity contribution in [3.05, 3.63) is 0 Å². The van der Waals surface area contributed by atoms with Crippen LogP contribution in [0.25, 0.3) is 0 Å². The van der Waals surface area contributed by atoms with E-state index < -0.39 is 0 Å². The molecule has 0 saturated heterocycles. The van der Waals surface area contributed by atoms with Gasteiger partial charge >= 0.3 is 0 Å². The van der Waals surface area contributed by atoms with E-state index in [4.69, 9.17) is 0 Å². The van der Waals surface area contributed by atoms with E-state index in [-0.39, 0.29) is 0 Å². The Morgan fingerprint density at radius 3 is 1.86 bits per heavy atom. The van der Waals surface area contributed by atoms with E-state index >= 15 is 0 Å². The Balaban J connectivity index is 2.42. The molecule has 0 spiro atoms. The van der Waals surface area contributed by atoms with Crippen LogP contribution in [0.4, 0.5) is 0 Å². The van der Waals surface area contributed by atoms with Crippen LogP contribution in [0.1, 0.15) is 67.2 Å². The molecule has 1 aliphatic rings. The SMILES string of the molecule is CC(C)(C)C[C@H]1CCC(C(C)(C)C)C1. The fourth-order valence-electron chi connectivity index (χ4n) is 2.91. The van der Waals surface area contributed by atoms with Crippen LogP contribution in [0.3, 0.4) is 0 Å². The van der Waals surface area contributed by atoms with E-state index in [0.29, 0.717) is 10.8 Å². The highest BCUT2D eigenvalue weighted by molar-refractivity contribution is 4.85. The van der Waals surface area contributed by atoms with Gasteiger partial charge in [0.15, 0.2) is 0 Å². The maximum atomic E-state index is 2.40. The molecule has 0 heteroatoms. The largest absolute Gasteiger partial charge is 0.0602 e. The molecule has 0 aromatic rings. The zero-order valence-electron chi connectivity index (χ0n) is 11.0. The van der Waals surface area contributed by atoms with Crippen molar-refractivity contribution in [3.63, 3.8) is 0 Å². The van der Waals surface area contributed by atoms with Gasteiger partial charge in [0.1, 0.15) is 0 Å². The summed E-state index contributed by atoms with van der Waals surface area (Å²) in [4.78, 5) is 0. The first-order valence-corrected chi connectivity index (χ1v) is 6.18. The third kappa shape index (κ3) is 3.63. The molecule has 0 radical (unpaired) electrons. The molecule has 1 aliphatic carbocycles. The Bertz CT molecular complexity index is 177. The molecule has 1 unspecified atom stereocenters. The number of hydrogen-bond donors (Lipinski definition) is 0. The van der Waals surface area contributed by atoms with Gasteiger partial charge < -0.3 is 0 Å². The first-order valence-electron chi connectivity index (χ1n) is 6.18. The van der Waals surface area contributed by atoms with Crippen LogP contribution in [0.15, 0.2) is 0 Å². The molecule has 0 bridgehead atoms. The van der Waals surface area contributed by atoms with Gasteiger partial charge in [0.05, 0.1) is 0 Å². The summed E-state index contributed by atoms with van der Waals surface area (Å²) < 4.78 is 0. The fourth-order valence-corrected chi connectivity index (χ4v) is 2.91. The van der Waals surface area contributed by atoms with Crippen LogP contribution >= 0.6 is 0 Å². The molecule has 84 valence electrons. The maximum absolute atomic E-state index is 2.40. The number of hydrogen-bond acceptors (Lipinski definition) is 0. The third-order valence-corrected chi connectivity index (χ3v) is 3.67. The molecule has 0 N–H and O–H groups in total. The van der Waals surface area contributed by atoms with Crippen molar-refractivity contribution >= 4 is 0 Å². The fraction of sp³-hybridized carbons (Fsp3) is 1.00. The Morgan fingerprint density at radius 1 is 0.929 bits per heavy atom. The highest BCUT2D eigenvalue weighted by Crippen LogP contribution is 2.45. The van der Waals surface area contributed by atoms with E-state index in [1.54, 1.807) is 0 Å². The minimum Gasteiger partial charge on any atom is -0.0602 e. The first kappa shape index (κ1) is 12.1. The van der Waals surface area contributed by atoms with E-state index in [9.17, 15) is 0 Å². The van der Waals surface area contributed by atoms with Gasteiger partial charge in [-0.25, -0.2) is 0 Å². The van der Waals surface area contributed by atoms with Crippen molar-refractivity contribution in [2.75, 3.05) is 0 Å². The summed E-state index contributed by atoms with van der Waals surface area (Å²) >= 11 is 0. The molecule has 0 aliphatic heterocycles. The predicted octanol–water partition coefficient (Wildman–Crippen LogP) is 4.89. The van der Waals surface area contributed by atoms with Gasteiger partial charge in [0, 0.05) is 0 Å². The van der Waals surface area contributed by atoms with Crippen LogP contribution in [-0.4, -0.2) is 0 Å². The summed E-state index contributed by atoms with van der Waals surface area (Å²) in [5.41, 5.74) is 1.06. The zero-order chi connectivity index (χ0) is 11.0. The third-order valence-electron chi connectivity index (χ3n) is 3.67. The Labute approximate surface area is 90.5 Å². The molecule has 1 fully saturated rings. The van der Waals surface area contributed by atoms with Gasteiger partial charge in [-0.3, -0.25) is 0 Å². The molecule has 0 amide bonds. The zero-order valence-corrected chi connectivity index (χ0v) is 11.0. The highest BCUT2D eigenvalue weighted by atomic mass is 14.4. The summed E-state index contributed by atoms with van der Waals surface area (Å²) in [7, 11) is 0. The normalized spacial score (nSPS) is 29.6. The smallest absolute Gasteiger partial charge is 0.0354 e. The highest BCUT2D eigenvalue weighted by Gasteiger charge is 2.34. The van der Waals surface area contributed by atoms with Crippen LogP contribution in [0.2, 0.25) is 0 Å². The van der Waals surface area contributed by atoms with Gasteiger partial charge in [-0.2, -0.15) is 0 Å². The molecule has 1 saturated carbocycles. The molecule has 0 aromatic carbocycles. The second-order valence-corrected chi connectivity index (χ2v) is 7.51. The van der Waals surface area contributed by atoms with E-state index in [1.165, 1.54) is 25.7 Å². The molecule has 0 nitrogen and oxygen atoms in total. The van der Waals surface area contributed by atoms with Gasteiger partial charge in [0.2, 0.25) is 0 Å². The summed E-state index contributed by atoms with van der Waals surface area (Å²) in [5, 5.41) is 0. The Hall–Kier alpha value is 0. The van der Waals surface area contributed by atoms with Crippen LogP contribution in [0, 0.1) is 22.7 Å². The van der Waals surface area contributed by atoms with Gasteiger partial charge in [-0.1, -0.05) is 48.0 Å². The topological polar surface area (TPSA) is 0 Å². The second kappa shape index (κ2) is 3.87.